The van der Waals surface area contributed by atoms with E-state index in [1.807, 2.05) is 42.8 Å². The fraction of sp³-hybridized carbons (Fsp3) is 0.308. The van der Waals surface area contributed by atoms with Gasteiger partial charge in [-0.25, -0.2) is 4.68 Å². The minimum absolute atomic E-state index is 0.425. The lowest BCUT2D eigenvalue weighted by Crippen LogP contribution is -2.22. The Morgan fingerprint density at radius 3 is 2.50 bits per heavy atom. The van der Waals surface area contributed by atoms with E-state index in [1.165, 1.54) is 0 Å². The smallest absolute Gasteiger partial charge is 0.106 e. The first kappa shape index (κ1) is 13.3. The van der Waals surface area contributed by atoms with Gasteiger partial charge in [0.2, 0.25) is 0 Å². The van der Waals surface area contributed by atoms with E-state index in [-0.39, 0.29) is 0 Å². The number of hydrogen-bond donors (Lipinski definition) is 2. The van der Waals surface area contributed by atoms with Crippen LogP contribution in [0.5, 0.6) is 0 Å². The number of aryl methyl sites for hydroxylation is 1. The largest absolute Gasteiger partial charge is 0.378 e. The first-order valence-corrected chi connectivity index (χ1v) is 6.53. The number of nitrogens with zero attached hydrogens (tertiary/aromatic N) is 2. The van der Waals surface area contributed by atoms with Gasteiger partial charge < -0.3 is 10.8 Å². The highest BCUT2D eigenvalue weighted by molar-refractivity contribution is 9.10. The Morgan fingerprint density at radius 1 is 1.33 bits per heavy atom. The second kappa shape index (κ2) is 5.22. The fourth-order valence-electron chi connectivity index (χ4n) is 2.01. The molecular weight excluding hydrogens is 294 g/mol. The van der Waals surface area contributed by atoms with Gasteiger partial charge in [0, 0.05) is 22.2 Å². The molecule has 0 saturated carbocycles. The number of benzene rings is 1. The Bertz CT molecular complexity index is 546. The molecule has 5 heteroatoms. The molecule has 96 valence electrons. The maximum absolute atomic E-state index is 9.31. The molecule has 1 aromatic heterocycles. The van der Waals surface area contributed by atoms with E-state index in [1.54, 1.807) is 0 Å². The molecule has 18 heavy (non-hydrogen) atoms. The van der Waals surface area contributed by atoms with E-state index in [0.29, 0.717) is 6.42 Å². The molecule has 4 nitrogen and oxygen atoms in total. The molecule has 1 atom stereocenters. The quantitative estimate of drug-likeness (QED) is 0.853. The van der Waals surface area contributed by atoms with E-state index in [4.69, 9.17) is 5.73 Å². The fourth-order valence-corrected chi connectivity index (χ4v) is 2.28. The predicted molar refractivity (Wildman–Crippen MR) is 74.6 cm³/mol. The highest BCUT2D eigenvalue weighted by atomic mass is 79.9. The first-order valence-electron chi connectivity index (χ1n) is 5.73. The van der Waals surface area contributed by atoms with E-state index in [9.17, 15) is 5.11 Å². The summed E-state index contributed by atoms with van der Waals surface area (Å²) >= 11 is 3.41. The summed E-state index contributed by atoms with van der Waals surface area (Å²) in [6, 6.07) is 7.94. The molecule has 1 heterocycles. The lowest BCUT2D eigenvalue weighted by molar-refractivity contribution is 0.182. The van der Waals surface area contributed by atoms with Crippen molar-refractivity contribution in [2.24, 2.45) is 5.73 Å². The number of aromatic nitrogens is 2. The van der Waals surface area contributed by atoms with Crippen LogP contribution >= 0.6 is 15.9 Å². The van der Waals surface area contributed by atoms with E-state index >= 15 is 0 Å². The summed E-state index contributed by atoms with van der Waals surface area (Å²) in [5, 5.41) is 13.8. The van der Waals surface area contributed by atoms with Crippen LogP contribution in [0.4, 0.5) is 0 Å². The van der Waals surface area contributed by atoms with Crippen molar-refractivity contribution in [1.29, 1.82) is 0 Å². The van der Waals surface area contributed by atoms with Crippen LogP contribution in [0.25, 0.3) is 5.69 Å². The van der Waals surface area contributed by atoms with Gasteiger partial charge >= 0.3 is 0 Å². The maximum atomic E-state index is 9.31. The van der Waals surface area contributed by atoms with Crippen molar-refractivity contribution >= 4 is 15.9 Å². The number of nitrogens with two attached hydrogens (primary N) is 1. The predicted octanol–water partition coefficient (Wildman–Crippen LogP) is 2.07. The first-order chi connectivity index (χ1) is 8.49. The third-order valence-electron chi connectivity index (χ3n) is 2.93. The van der Waals surface area contributed by atoms with Crippen molar-refractivity contribution in [1.82, 2.24) is 9.78 Å². The number of aliphatic hydroxyl groups is 1. The zero-order chi connectivity index (χ0) is 13.3. The summed E-state index contributed by atoms with van der Waals surface area (Å²) in [4.78, 5) is 0. The zero-order valence-electron chi connectivity index (χ0n) is 10.4. The van der Waals surface area contributed by atoms with Crippen LogP contribution in [0.2, 0.25) is 0 Å². The molecule has 0 amide bonds. The van der Waals surface area contributed by atoms with Gasteiger partial charge in [-0.1, -0.05) is 15.9 Å². The Labute approximate surface area is 115 Å². The van der Waals surface area contributed by atoms with Crippen molar-refractivity contribution in [2.75, 3.05) is 0 Å². The standard InChI is InChI=1S/C13H16BrN3O/c1-8-12(7-13(15)18)9(2)17(16-8)11-5-3-10(14)4-6-11/h3-6,13,18H,7,15H2,1-2H3. The normalized spacial score (nSPS) is 12.7. The molecule has 1 aromatic carbocycles. The molecule has 0 aliphatic heterocycles. The number of hydrogen-bond acceptors (Lipinski definition) is 3. The molecule has 2 aromatic rings. The second-order valence-corrected chi connectivity index (χ2v) is 5.22. The van der Waals surface area contributed by atoms with Crippen molar-refractivity contribution in [3.63, 3.8) is 0 Å². The molecule has 0 saturated heterocycles. The maximum Gasteiger partial charge on any atom is 0.106 e. The number of rotatable bonds is 3. The second-order valence-electron chi connectivity index (χ2n) is 4.31. The zero-order valence-corrected chi connectivity index (χ0v) is 12.0. The van der Waals surface area contributed by atoms with Crippen molar-refractivity contribution in [3.8, 4) is 5.69 Å². The van der Waals surface area contributed by atoms with Gasteiger partial charge in [-0.2, -0.15) is 5.10 Å². The van der Waals surface area contributed by atoms with E-state index in [0.717, 1.165) is 27.1 Å². The molecular formula is C13H16BrN3O. The van der Waals surface area contributed by atoms with Crippen LogP contribution < -0.4 is 5.73 Å². The van der Waals surface area contributed by atoms with Crippen LogP contribution in [0.1, 0.15) is 17.0 Å². The lowest BCUT2D eigenvalue weighted by atomic mass is 10.1. The van der Waals surface area contributed by atoms with Crippen molar-refractivity contribution in [2.45, 2.75) is 26.5 Å². The molecule has 0 fully saturated rings. The summed E-state index contributed by atoms with van der Waals surface area (Å²) in [5.41, 5.74) is 9.36. The van der Waals surface area contributed by atoms with Crippen molar-refractivity contribution < 1.29 is 5.11 Å². The van der Waals surface area contributed by atoms with Gasteiger partial charge in [0.25, 0.3) is 0 Å². The summed E-state index contributed by atoms with van der Waals surface area (Å²) in [6.45, 7) is 3.92. The number of halogens is 1. The average molecular weight is 310 g/mol. The van der Waals surface area contributed by atoms with E-state index in [2.05, 4.69) is 21.0 Å². The van der Waals surface area contributed by atoms with Crippen LogP contribution in [0.15, 0.2) is 28.7 Å². The molecule has 0 radical (unpaired) electrons. The van der Waals surface area contributed by atoms with Gasteiger partial charge in [-0.15, -0.1) is 0 Å². The topological polar surface area (TPSA) is 64.1 Å². The summed E-state index contributed by atoms with van der Waals surface area (Å²) in [7, 11) is 0. The third-order valence-corrected chi connectivity index (χ3v) is 3.45. The molecule has 2 rings (SSSR count). The van der Waals surface area contributed by atoms with Crippen LogP contribution in [0, 0.1) is 13.8 Å². The monoisotopic (exact) mass is 309 g/mol. The highest BCUT2D eigenvalue weighted by Gasteiger charge is 2.14. The SMILES string of the molecule is Cc1nn(-c2ccc(Br)cc2)c(C)c1CC(N)O. The minimum atomic E-state index is -0.843. The van der Waals surface area contributed by atoms with Crippen LogP contribution in [-0.2, 0) is 6.42 Å². The molecule has 0 aliphatic rings. The third kappa shape index (κ3) is 2.63. The van der Waals surface area contributed by atoms with Gasteiger partial charge in [-0.3, -0.25) is 0 Å². The average Bonchev–Trinajstić information content (AvgIpc) is 2.58. The molecule has 3 N–H and O–H groups in total. The van der Waals surface area contributed by atoms with Gasteiger partial charge in [0.05, 0.1) is 11.4 Å². The summed E-state index contributed by atoms with van der Waals surface area (Å²) < 4.78 is 2.91. The molecule has 0 bridgehead atoms. The highest BCUT2D eigenvalue weighted by Crippen LogP contribution is 2.20. The van der Waals surface area contributed by atoms with Gasteiger partial charge in [-0.05, 0) is 38.1 Å². The Kier molecular flexibility index (Phi) is 3.85. The number of aliphatic hydroxyl groups excluding tert-OH is 1. The van der Waals surface area contributed by atoms with Crippen LogP contribution in [-0.4, -0.2) is 21.1 Å². The molecule has 0 spiro atoms. The van der Waals surface area contributed by atoms with Gasteiger partial charge in [0.1, 0.15) is 6.23 Å². The Morgan fingerprint density at radius 2 is 1.94 bits per heavy atom. The van der Waals surface area contributed by atoms with Crippen molar-refractivity contribution in [3.05, 3.63) is 45.7 Å². The molecule has 0 aliphatic carbocycles. The Hall–Kier alpha value is -1.17. The van der Waals surface area contributed by atoms with Crippen LogP contribution in [0.3, 0.4) is 0 Å². The summed E-state index contributed by atoms with van der Waals surface area (Å²) in [5.74, 6) is 0. The molecule has 1 unspecified atom stereocenters. The van der Waals surface area contributed by atoms with E-state index < -0.39 is 6.23 Å². The summed E-state index contributed by atoms with van der Waals surface area (Å²) in [6.07, 6.45) is -0.418. The van der Waals surface area contributed by atoms with Gasteiger partial charge in [0.15, 0.2) is 0 Å². The lowest BCUT2D eigenvalue weighted by Gasteiger charge is -2.07. The minimum Gasteiger partial charge on any atom is -0.378 e. The Balaban J connectivity index is 2.43.